The molecule has 10 nitrogen and oxygen atoms in total. The first kappa shape index (κ1) is 30.6. The fourth-order valence-electron chi connectivity index (χ4n) is 5.23. The minimum atomic E-state index is -4.79. The van der Waals surface area contributed by atoms with Crippen LogP contribution >= 0.6 is 11.6 Å². The molecule has 0 radical (unpaired) electrons. The van der Waals surface area contributed by atoms with Crippen molar-refractivity contribution in [1.82, 2.24) is 28.7 Å². The molecule has 2 fully saturated rings. The molecule has 2 N–H and O–H groups in total. The van der Waals surface area contributed by atoms with Crippen molar-refractivity contribution in [2.75, 3.05) is 37.8 Å². The third-order valence-electron chi connectivity index (χ3n) is 7.43. The quantitative estimate of drug-likeness (QED) is 0.379. The summed E-state index contributed by atoms with van der Waals surface area (Å²) in [5.74, 6) is -0.240. The smallest absolute Gasteiger partial charge is 0.389 e. The van der Waals surface area contributed by atoms with E-state index in [-0.39, 0.29) is 31.2 Å². The van der Waals surface area contributed by atoms with E-state index >= 15 is 0 Å². The van der Waals surface area contributed by atoms with Crippen LogP contribution in [0, 0.1) is 0 Å². The van der Waals surface area contributed by atoms with Gasteiger partial charge in [-0.2, -0.15) is 17.5 Å². The molecule has 228 valence electrons. The van der Waals surface area contributed by atoms with E-state index in [4.69, 9.17) is 11.6 Å². The van der Waals surface area contributed by atoms with Gasteiger partial charge in [0.2, 0.25) is 16.0 Å². The third kappa shape index (κ3) is 6.86. The Morgan fingerprint density at radius 1 is 1.24 bits per heavy atom. The number of aliphatic hydroxyl groups is 1. The van der Waals surface area contributed by atoms with Crippen LogP contribution in [0.2, 0.25) is 5.02 Å². The highest BCUT2D eigenvalue weighted by Gasteiger charge is 2.38. The number of hydrogen-bond acceptors (Lipinski definition) is 8. The molecular weight excluding hydrogens is 602 g/mol. The average Bonchev–Trinajstić information content (AvgIpc) is 3.50. The molecule has 2 aliphatic heterocycles. The largest absolute Gasteiger partial charge is 0.420 e. The maximum atomic E-state index is 14.8. The summed E-state index contributed by atoms with van der Waals surface area (Å²) in [5.41, 5.74) is -1.04. The predicted molar refractivity (Wildman–Crippen MR) is 148 cm³/mol. The molecule has 0 aliphatic carbocycles. The summed E-state index contributed by atoms with van der Waals surface area (Å²) >= 11 is 6.54. The number of anilines is 1. The lowest BCUT2D eigenvalue weighted by Crippen LogP contribution is -2.49. The van der Waals surface area contributed by atoms with Crippen LogP contribution in [0.5, 0.6) is 0 Å². The van der Waals surface area contributed by atoms with E-state index in [0.29, 0.717) is 36.4 Å². The molecular formula is C26H30ClF4N7O3S. The van der Waals surface area contributed by atoms with E-state index in [9.17, 15) is 31.1 Å². The van der Waals surface area contributed by atoms with E-state index in [1.54, 1.807) is 19.1 Å². The third-order valence-corrected chi connectivity index (χ3v) is 9.01. The van der Waals surface area contributed by atoms with Gasteiger partial charge in [0.15, 0.2) is 0 Å². The molecule has 3 atom stereocenters. The van der Waals surface area contributed by atoms with Gasteiger partial charge in [-0.25, -0.2) is 27.8 Å². The van der Waals surface area contributed by atoms with Crippen LogP contribution in [0.4, 0.5) is 23.5 Å². The highest BCUT2D eigenvalue weighted by Crippen LogP contribution is 2.36. The number of piperidine rings is 1. The molecule has 0 saturated carbocycles. The Morgan fingerprint density at radius 3 is 2.62 bits per heavy atom. The molecule has 0 spiro atoms. The van der Waals surface area contributed by atoms with E-state index in [0.717, 1.165) is 22.7 Å². The number of alkyl halides is 4. The van der Waals surface area contributed by atoms with Crippen molar-refractivity contribution in [2.45, 2.75) is 50.3 Å². The molecule has 42 heavy (non-hydrogen) atoms. The van der Waals surface area contributed by atoms with Crippen LogP contribution in [-0.4, -0.2) is 92.5 Å². The van der Waals surface area contributed by atoms with Crippen LogP contribution in [0.15, 0.2) is 36.9 Å². The van der Waals surface area contributed by atoms with Gasteiger partial charge in [-0.3, -0.25) is 4.90 Å². The highest BCUT2D eigenvalue weighted by atomic mass is 35.5. The molecule has 2 saturated heterocycles. The molecule has 0 amide bonds. The number of halogens is 5. The van der Waals surface area contributed by atoms with E-state index < -0.39 is 45.3 Å². The number of likely N-dealkylation sites (tertiary alicyclic amines) is 1. The summed E-state index contributed by atoms with van der Waals surface area (Å²) in [4.78, 5) is 14.0. The first-order valence-corrected chi connectivity index (χ1v) is 15.4. The zero-order valence-electron chi connectivity index (χ0n) is 22.8. The molecule has 0 unspecified atom stereocenters. The molecule has 5 rings (SSSR count). The van der Waals surface area contributed by atoms with Crippen LogP contribution in [0.25, 0.3) is 17.1 Å². The van der Waals surface area contributed by atoms with E-state index in [2.05, 4.69) is 25.2 Å². The molecule has 1 aromatic carbocycles. The van der Waals surface area contributed by atoms with Crippen molar-refractivity contribution in [2.24, 2.45) is 0 Å². The topological polar surface area (TPSA) is 116 Å². The van der Waals surface area contributed by atoms with Gasteiger partial charge in [0.05, 0.1) is 28.6 Å². The SMILES string of the molecule is C[C@]1(O)CCN(Cc2ccc(-n3cnc(-c4nc(N[C@@H]5CCN(S(C)(=O)=O)C[C@H]5F)ncc4C(F)(F)F)c3)c(Cl)c2)C1. The summed E-state index contributed by atoms with van der Waals surface area (Å²) in [5, 5.41) is 13.3. The van der Waals surface area contributed by atoms with Crippen molar-refractivity contribution in [3.63, 3.8) is 0 Å². The second-order valence-corrected chi connectivity index (χ2v) is 13.4. The van der Waals surface area contributed by atoms with Gasteiger partial charge in [0, 0.05) is 45.1 Å². The van der Waals surface area contributed by atoms with Gasteiger partial charge in [-0.15, -0.1) is 0 Å². The number of nitrogens with zero attached hydrogens (tertiary/aromatic N) is 6. The Bertz CT molecular complexity index is 1570. The minimum absolute atomic E-state index is 0.0488. The van der Waals surface area contributed by atoms with Crippen molar-refractivity contribution < 1.29 is 31.1 Å². The second-order valence-electron chi connectivity index (χ2n) is 11.0. The van der Waals surface area contributed by atoms with E-state index in [1.807, 2.05) is 6.07 Å². The number of imidazole rings is 1. The maximum Gasteiger partial charge on any atom is 0.420 e. The summed E-state index contributed by atoms with van der Waals surface area (Å²) in [7, 11) is -3.58. The minimum Gasteiger partial charge on any atom is -0.389 e. The Labute approximate surface area is 245 Å². The normalized spacial score (nSPS) is 24.3. The van der Waals surface area contributed by atoms with Crippen LogP contribution in [0.3, 0.4) is 0 Å². The zero-order chi connectivity index (χ0) is 30.4. The molecule has 3 aromatic rings. The van der Waals surface area contributed by atoms with E-state index in [1.165, 1.54) is 17.1 Å². The molecule has 2 aromatic heterocycles. The lowest BCUT2D eigenvalue weighted by atomic mass is 10.1. The van der Waals surface area contributed by atoms with Crippen LogP contribution in [0.1, 0.15) is 30.9 Å². The monoisotopic (exact) mass is 631 g/mol. The first-order chi connectivity index (χ1) is 19.6. The zero-order valence-corrected chi connectivity index (χ0v) is 24.4. The van der Waals surface area contributed by atoms with Crippen molar-refractivity contribution in [3.05, 3.63) is 53.1 Å². The van der Waals surface area contributed by atoms with Gasteiger partial charge in [0.1, 0.15) is 29.5 Å². The molecule has 0 bridgehead atoms. The Hall–Kier alpha value is -2.85. The van der Waals surface area contributed by atoms with Crippen LogP contribution < -0.4 is 5.32 Å². The van der Waals surface area contributed by atoms with Crippen LogP contribution in [-0.2, 0) is 22.7 Å². The lowest BCUT2D eigenvalue weighted by molar-refractivity contribution is -0.137. The number of aromatic nitrogens is 4. The number of hydrogen-bond donors (Lipinski definition) is 2. The summed E-state index contributed by atoms with van der Waals surface area (Å²) in [6, 6.07) is 4.46. The second kappa shape index (κ2) is 11.3. The van der Waals surface area contributed by atoms with Crippen molar-refractivity contribution in [3.8, 4) is 17.1 Å². The average molecular weight is 632 g/mol. The predicted octanol–water partition coefficient (Wildman–Crippen LogP) is 3.74. The van der Waals surface area contributed by atoms with Gasteiger partial charge >= 0.3 is 6.18 Å². The molecule has 16 heteroatoms. The van der Waals surface area contributed by atoms with Crippen molar-refractivity contribution in [1.29, 1.82) is 0 Å². The standard InChI is InChI=1S/C26H30ClF4N7O3S/c1-25(39)6-8-36(14-25)11-16-3-4-22(18(27)9-16)37-13-21(33-15-37)23-17(26(29,30)31)10-32-24(35-23)34-20-5-7-38(12-19(20)28)42(2,40)41/h3-4,9-10,13,15,19-20,39H,5-8,11-12,14H2,1-2H3,(H,32,34,35)/t19-,20-,25+/m1/s1. The Kier molecular flexibility index (Phi) is 8.26. The number of sulfonamides is 1. The Balaban J connectivity index is 1.37. The molecule has 2 aliphatic rings. The summed E-state index contributed by atoms with van der Waals surface area (Å²) in [6.07, 6.45) is -1.38. The van der Waals surface area contributed by atoms with Gasteiger partial charge in [-0.1, -0.05) is 17.7 Å². The van der Waals surface area contributed by atoms with Gasteiger partial charge in [0.25, 0.3) is 0 Å². The maximum absolute atomic E-state index is 14.8. The number of nitrogens with one attached hydrogen (secondary N) is 1. The van der Waals surface area contributed by atoms with Gasteiger partial charge in [-0.05, 0) is 37.5 Å². The Morgan fingerprint density at radius 2 is 2.00 bits per heavy atom. The number of rotatable bonds is 7. The number of benzene rings is 1. The fraction of sp³-hybridized carbons (Fsp3) is 0.500. The summed E-state index contributed by atoms with van der Waals surface area (Å²) in [6.45, 7) is 3.34. The molecule has 4 heterocycles. The first-order valence-electron chi connectivity index (χ1n) is 13.2. The summed E-state index contributed by atoms with van der Waals surface area (Å²) < 4.78 is 82.4. The van der Waals surface area contributed by atoms with Gasteiger partial charge < -0.3 is 15.0 Å². The fourth-order valence-corrected chi connectivity index (χ4v) is 6.38. The van der Waals surface area contributed by atoms with Crippen molar-refractivity contribution >= 4 is 27.6 Å². The highest BCUT2D eigenvalue weighted by molar-refractivity contribution is 7.88. The lowest BCUT2D eigenvalue weighted by Gasteiger charge is -2.33. The number of β-amino-alcohol motifs (C(OH)–C–C–N with tert-alkyl or cyclic N) is 1.